The quantitative estimate of drug-likeness (QED) is 0.603. The van der Waals surface area contributed by atoms with Gasteiger partial charge in [0.25, 0.3) is 0 Å². The van der Waals surface area contributed by atoms with E-state index in [1.165, 1.54) is 11.1 Å². The van der Waals surface area contributed by atoms with Crippen LogP contribution in [0, 0.1) is 6.92 Å². The molecule has 3 nitrogen and oxygen atoms in total. The molecule has 120 valence electrons. The number of hydrogen-bond donors (Lipinski definition) is 0. The summed E-state index contributed by atoms with van der Waals surface area (Å²) in [6.45, 7) is 8.12. The molecule has 3 heteroatoms. The van der Waals surface area contributed by atoms with Crippen LogP contribution in [0.15, 0.2) is 48.5 Å². The Morgan fingerprint density at radius 3 is 2.70 bits per heavy atom. The standard InChI is InChI=1S/C20H24N2O/c1-15(2)20-21-18-10-4-5-11-19(18)22(20)12-7-13-23-17-9-6-8-16(3)14-17/h4-6,8-11,14-15H,7,12-13H2,1-3H3. The Morgan fingerprint density at radius 1 is 1.09 bits per heavy atom. The number of rotatable bonds is 6. The SMILES string of the molecule is Cc1cccc(OCCCn2c(C(C)C)nc3ccccc32)c1. The molecule has 0 spiro atoms. The van der Waals surface area contributed by atoms with E-state index in [-0.39, 0.29) is 0 Å². The molecule has 3 aromatic rings. The van der Waals surface area contributed by atoms with Gasteiger partial charge >= 0.3 is 0 Å². The van der Waals surface area contributed by atoms with Crippen LogP contribution in [0.4, 0.5) is 0 Å². The van der Waals surface area contributed by atoms with Crippen molar-refractivity contribution in [1.29, 1.82) is 0 Å². The average molecular weight is 308 g/mol. The van der Waals surface area contributed by atoms with Crippen LogP contribution >= 0.6 is 0 Å². The molecule has 1 heterocycles. The van der Waals surface area contributed by atoms with Crippen LogP contribution in [-0.4, -0.2) is 16.2 Å². The average Bonchev–Trinajstić information content (AvgIpc) is 2.91. The Morgan fingerprint density at radius 2 is 1.91 bits per heavy atom. The number of nitrogens with zero attached hydrogens (tertiary/aromatic N) is 2. The molecule has 2 aromatic carbocycles. The minimum Gasteiger partial charge on any atom is -0.494 e. The van der Waals surface area contributed by atoms with E-state index in [0.29, 0.717) is 12.5 Å². The van der Waals surface area contributed by atoms with Crippen molar-refractivity contribution in [3.63, 3.8) is 0 Å². The number of fused-ring (bicyclic) bond motifs is 1. The van der Waals surface area contributed by atoms with Gasteiger partial charge in [-0.15, -0.1) is 0 Å². The van der Waals surface area contributed by atoms with Gasteiger partial charge in [0, 0.05) is 12.5 Å². The van der Waals surface area contributed by atoms with E-state index in [9.17, 15) is 0 Å². The third-order valence-corrected chi connectivity index (χ3v) is 3.98. The van der Waals surface area contributed by atoms with Crippen LogP contribution in [0.5, 0.6) is 5.75 Å². The summed E-state index contributed by atoms with van der Waals surface area (Å²) in [6, 6.07) is 16.6. The second-order valence-electron chi connectivity index (χ2n) is 6.28. The fraction of sp³-hybridized carbons (Fsp3) is 0.350. The highest BCUT2D eigenvalue weighted by Crippen LogP contribution is 2.22. The topological polar surface area (TPSA) is 27.1 Å². The van der Waals surface area contributed by atoms with Gasteiger partial charge in [-0.2, -0.15) is 0 Å². The van der Waals surface area contributed by atoms with Crippen LogP contribution in [0.3, 0.4) is 0 Å². The van der Waals surface area contributed by atoms with Gasteiger partial charge in [0.1, 0.15) is 11.6 Å². The highest BCUT2D eigenvalue weighted by molar-refractivity contribution is 5.76. The third-order valence-electron chi connectivity index (χ3n) is 3.98. The van der Waals surface area contributed by atoms with Gasteiger partial charge in [-0.25, -0.2) is 4.98 Å². The summed E-state index contributed by atoms with van der Waals surface area (Å²) in [5.41, 5.74) is 3.52. The molecule has 3 rings (SSSR count). The Balaban J connectivity index is 1.68. The summed E-state index contributed by atoms with van der Waals surface area (Å²) in [7, 11) is 0. The third kappa shape index (κ3) is 3.55. The van der Waals surface area contributed by atoms with Gasteiger partial charge in [-0.3, -0.25) is 0 Å². The van der Waals surface area contributed by atoms with Gasteiger partial charge in [-0.05, 0) is 43.2 Å². The van der Waals surface area contributed by atoms with E-state index in [1.54, 1.807) is 0 Å². The molecule has 0 unspecified atom stereocenters. The van der Waals surface area contributed by atoms with Crippen molar-refractivity contribution in [3.05, 3.63) is 59.9 Å². The van der Waals surface area contributed by atoms with Crippen LogP contribution in [0.25, 0.3) is 11.0 Å². The summed E-state index contributed by atoms with van der Waals surface area (Å²) < 4.78 is 8.20. The maximum atomic E-state index is 5.86. The lowest BCUT2D eigenvalue weighted by Crippen LogP contribution is -2.09. The van der Waals surface area contributed by atoms with Crippen LogP contribution in [0.2, 0.25) is 0 Å². The van der Waals surface area contributed by atoms with Crippen molar-refractivity contribution in [1.82, 2.24) is 9.55 Å². The van der Waals surface area contributed by atoms with Gasteiger partial charge in [0.05, 0.1) is 17.6 Å². The highest BCUT2D eigenvalue weighted by Gasteiger charge is 2.12. The second-order valence-corrected chi connectivity index (χ2v) is 6.28. The largest absolute Gasteiger partial charge is 0.494 e. The van der Waals surface area contributed by atoms with Crippen molar-refractivity contribution in [2.24, 2.45) is 0 Å². The molecule has 0 saturated carbocycles. The Labute approximate surface area is 137 Å². The van der Waals surface area contributed by atoms with Crippen molar-refractivity contribution < 1.29 is 4.74 Å². The van der Waals surface area contributed by atoms with Crippen LogP contribution in [-0.2, 0) is 6.54 Å². The van der Waals surface area contributed by atoms with Gasteiger partial charge < -0.3 is 9.30 Å². The Hall–Kier alpha value is -2.29. The minimum absolute atomic E-state index is 0.417. The van der Waals surface area contributed by atoms with Gasteiger partial charge in [-0.1, -0.05) is 38.1 Å². The second kappa shape index (κ2) is 6.86. The number of aromatic nitrogens is 2. The zero-order chi connectivity index (χ0) is 16.2. The van der Waals surface area contributed by atoms with E-state index in [4.69, 9.17) is 9.72 Å². The first-order chi connectivity index (χ1) is 11.1. The van der Waals surface area contributed by atoms with E-state index in [2.05, 4.69) is 55.7 Å². The first-order valence-corrected chi connectivity index (χ1v) is 8.30. The highest BCUT2D eigenvalue weighted by atomic mass is 16.5. The first kappa shape index (κ1) is 15.6. The zero-order valence-corrected chi connectivity index (χ0v) is 14.1. The van der Waals surface area contributed by atoms with E-state index in [1.807, 2.05) is 18.2 Å². The molecule has 1 aromatic heterocycles. The number of benzene rings is 2. The lowest BCUT2D eigenvalue weighted by molar-refractivity contribution is 0.301. The van der Waals surface area contributed by atoms with Gasteiger partial charge in [0.2, 0.25) is 0 Å². The van der Waals surface area contributed by atoms with Crippen LogP contribution in [0.1, 0.15) is 37.6 Å². The number of para-hydroxylation sites is 2. The van der Waals surface area contributed by atoms with Gasteiger partial charge in [0.15, 0.2) is 0 Å². The fourth-order valence-electron chi connectivity index (χ4n) is 2.89. The summed E-state index contributed by atoms with van der Waals surface area (Å²) >= 11 is 0. The maximum absolute atomic E-state index is 5.86. The number of imidazole rings is 1. The number of ether oxygens (including phenoxy) is 1. The van der Waals surface area contributed by atoms with E-state index >= 15 is 0 Å². The molecule has 23 heavy (non-hydrogen) atoms. The molecule has 0 saturated heterocycles. The molecular formula is C20H24N2O. The number of hydrogen-bond acceptors (Lipinski definition) is 2. The first-order valence-electron chi connectivity index (χ1n) is 8.30. The Kier molecular flexibility index (Phi) is 4.65. The molecule has 0 aliphatic carbocycles. The van der Waals surface area contributed by atoms with Crippen molar-refractivity contribution in [2.45, 2.75) is 39.7 Å². The molecule has 0 bridgehead atoms. The molecule has 0 amide bonds. The molecule has 0 fully saturated rings. The molecule has 0 atom stereocenters. The normalized spacial score (nSPS) is 11.3. The Bertz CT molecular complexity index is 789. The van der Waals surface area contributed by atoms with E-state index < -0.39 is 0 Å². The van der Waals surface area contributed by atoms with Crippen molar-refractivity contribution in [2.75, 3.05) is 6.61 Å². The lowest BCUT2D eigenvalue weighted by Gasteiger charge is -2.12. The molecule has 0 N–H and O–H groups in total. The lowest BCUT2D eigenvalue weighted by atomic mass is 10.2. The fourth-order valence-corrected chi connectivity index (χ4v) is 2.89. The number of aryl methyl sites for hydroxylation is 2. The molecule has 0 aliphatic heterocycles. The van der Waals surface area contributed by atoms with E-state index in [0.717, 1.165) is 30.1 Å². The molecule has 0 aliphatic rings. The minimum atomic E-state index is 0.417. The summed E-state index contributed by atoms with van der Waals surface area (Å²) in [4.78, 5) is 4.78. The monoisotopic (exact) mass is 308 g/mol. The predicted octanol–water partition coefficient (Wildman–Crippen LogP) is 4.94. The zero-order valence-electron chi connectivity index (χ0n) is 14.1. The summed E-state index contributed by atoms with van der Waals surface area (Å²) in [5.74, 6) is 2.52. The summed E-state index contributed by atoms with van der Waals surface area (Å²) in [5, 5.41) is 0. The molecular weight excluding hydrogens is 284 g/mol. The van der Waals surface area contributed by atoms with Crippen molar-refractivity contribution >= 4 is 11.0 Å². The van der Waals surface area contributed by atoms with Crippen molar-refractivity contribution in [3.8, 4) is 5.75 Å². The summed E-state index contributed by atoms with van der Waals surface area (Å²) in [6.07, 6.45) is 0.966. The maximum Gasteiger partial charge on any atom is 0.119 e. The van der Waals surface area contributed by atoms with Crippen LogP contribution < -0.4 is 4.74 Å². The molecule has 0 radical (unpaired) electrons. The predicted molar refractivity (Wildman–Crippen MR) is 95.1 cm³/mol. The smallest absolute Gasteiger partial charge is 0.119 e.